The Kier molecular flexibility index (Phi) is 3.85. The fraction of sp³-hybridized carbons (Fsp3) is 0.278. The zero-order chi connectivity index (χ0) is 17.4. The van der Waals surface area contributed by atoms with Crippen LogP contribution in [0.4, 0.5) is 0 Å². The van der Waals surface area contributed by atoms with E-state index < -0.39 is 23.0 Å². The Hall–Kier alpha value is -2.73. The summed E-state index contributed by atoms with van der Waals surface area (Å²) >= 11 is 0. The summed E-state index contributed by atoms with van der Waals surface area (Å²) < 4.78 is 4.71. The van der Waals surface area contributed by atoms with E-state index in [-0.39, 0.29) is 18.7 Å². The van der Waals surface area contributed by atoms with Crippen LogP contribution in [0.25, 0.3) is 0 Å². The number of benzene rings is 1. The molecule has 24 heavy (non-hydrogen) atoms. The molecule has 1 aliphatic carbocycles. The summed E-state index contributed by atoms with van der Waals surface area (Å²) in [6.45, 7) is 0.0582. The number of amides is 1. The number of aliphatic hydroxyl groups is 1. The number of esters is 1. The van der Waals surface area contributed by atoms with E-state index in [1.165, 1.54) is 24.3 Å². The number of carbonyl (C=O) groups is 3. The molecular formula is C18H17NO5. The number of likely N-dealkylation sites (tertiary alicyclic amines) is 1. The molecule has 1 heterocycles. The van der Waals surface area contributed by atoms with E-state index in [4.69, 9.17) is 4.74 Å². The van der Waals surface area contributed by atoms with Crippen LogP contribution in [0.2, 0.25) is 0 Å². The molecule has 1 aliphatic heterocycles. The van der Waals surface area contributed by atoms with Gasteiger partial charge < -0.3 is 9.84 Å². The van der Waals surface area contributed by atoms with Gasteiger partial charge in [0.15, 0.2) is 5.78 Å². The molecule has 0 radical (unpaired) electrons. The Balaban J connectivity index is 2.02. The average Bonchev–Trinajstić information content (AvgIpc) is 2.80. The molecular weight excluding hydrogens is 310 g/mol. The number of methoxy groups -OCH3 is 1. The van der Waals surface area contributed by atoms with Crippen LogP contribution in [0, 0.1) is 5.41 Å². The Morgan fingerprint density at radius 1 is 1.21 bits per heavy atom. The van der Waals surface area contributed by atoms with Gasteiger partial charge in [-0.05, 0) is 17.7 Å². The summed E-state index contributed by atoms with van der Waals surface area (Å²) in [5.74, 6) is -1.59. The van der Waals surface area contributed by atoms with Crippen molar-refractivity contribution in [2.45, 2.75) is 18.7 Å². The Morgan fingerprint density at radius 2 is 1.83 bits per heavy atom. The average molecular weight is 327 g/mol. The third kappa shape index (κ3) is 2.45. The first-order valence-corrected chi connectivity index (χ1v) is 7.50. The second-order valence-electron chi connectivity index (χ2n) is 5.97. The van der Waals surface area contributed by atoms with Crippen molar-refractivity contribution in [3.05, 3.63) is 60.2 Å². The van der Waals surface area contributed by atoms with Gasteiger partial charge in [0.1, 0.15) is 0 Å². The number of ether oxygens (including phenoxy) is 1. The van der Waals surface area contributed by atoms with Gasteiger partial charge in [0.25, 0.3) is 0 Å². The van der Waals surface area contributed by atoms with Crippen molar-refractivity contribution < 1.29 is 24.2 Å². The van der Waals surface area contributed by atoms with Crippen molar-refractivity contribution in [1.82, 2.24) is 4.90 Å². The zero-order valence-corrected chi connectivity index (χ0v) is 13.1. The second-order valence-corrected chi connectivity index (χ2v) is 5.97. The molecule has 6 nitrogen and oxygen atoms in total. The first-order chi connectivity index (χ1) is 11.4. The molecule has 1 saturated heterocycles. The maximum atomic E-state index is 13.0. The molecule has 1 aromatic carbocycles. The Morgan fingerprint density at radius 3 is 2.42 bits per heavy atom. The number of carbonyl (C=O) groups excluding carboxylic acids is 3. The molecule has 3 rings (SSSR count). The van der Waals surface area contributed by atoms with Crippen molar-refractivity contribution in [2.24, 2.45) is 5.41 Å². The van der Waals surface area contributed by atoms with Gasteiger partial charge in [0.05, 0.1) is 12.5 Å². The largest absolute Gasteiger partial charge is 0.465 e. The highest BCUT2D eigenvalue weighted by Crippen LogP contribution is 2.46. The van der Waals surface area contributed by atoms with E-state index in [0.717, 1.165) is 17.6 Å². The minimum atomic E-state index is -2.09. The van der Waals surface area contributed by atoms with E-state index in [9.17, 15) is 19.5 Å². The molecule has 124 valence electrons. The summed E-state index contributed by atoms with van der Waals surface area (Å²) in [4.78, 5) is 37.7. The summed E-state index contributed by atoms with van der Waals surface area (Å²) in [6, 6.07) is 9.05. The molecule has 1 atom stereocenters. The number of hydrogen-bond donors (Lipinski definition) is 1. The first kappa shape index (κ1) is 16.1. The van der Waals surface area contributed by atoms with Gasteiger partial charge in [-0.1, -0.05) is 42.5 Å². The van der Waals surface area contributed by atoms with Crippen molar-refractivity contribution in [3.63, 3.8) is 0 Å². The molecule has 1 fully saturated rings. The van der Waals surface area contributed by atoms with E-state index >= 15 is 0 Å². The van der Waals surface area contributed by atoms with Gasteiger partial charge in [0, 0.05) is 13.0 Å². The van der Waals surface area contributed by atoms with Gasteiger partial charge >= 0.3 is 5.97 Å². The van der Waals surface area contributed by atoms with Crippen molar-refractivity contribution in [3.8, 4) is 0 Å². The highest BCUT2D eigenvalue weighted by Gasteiger charge is 2.61. The zero-order valence-electron chi connectivity index (χ0n) is 13.1. The lowest BCUT2D eigenvalue weighted by Crippen LogP contribution is -2.52. The topological polar surface area (TPSA) is 83.9 Å². The van der Waals surface area contributed by atoms with Gasteiger partial charge in [-0.25, -0.2) is 4.79 Å². The molecule has 0 aromatic heterocycles. The normalized spacial score (nSPS) is 24.7. The molecule has 6 heteroatoms. The van der Waals surface area contributed by atoms with Crippen LogP contribution in [-0.4, -0.2) is 40.5 Å². The van der Waals surface area contributed by atoms with Crippen LogP contribution in [0.5, 0.6) is 0 Å². The van der Waals surface area contributed by atoms with Crippen LogP contribution < -0.4 is 0 Å². The molecule has 1 unspecified atom stereocenters. The van der Waals surface area contributed by atoms with Crippen LogP contribution in [-0.2, 0) is 25.7 Å². The number of ketones is 1. The predicted octanol–water partition coefficient (Wildman–Crippen LogP) is 0.962. The SMILES string of the molecule is COC(=O)C1(O)CC2(C=CC(=O)C=C2)C(=O)N1Cc1ccccc1. The third-order valence-corrected chi connectivity index (χ3v) is 4.41. The quantitative estimate of drug-likeness (QED) is 0.836. The number of nitrogens with zero attached hydrogens (tertiary/aromatic N) is 1. The molecule has 0 saturated carbocycles. The van der Waals surface area contributed by atoms with Crippen LogP contribution in [0.15, 0.2) is 54.6 Å². The van der Waals surface area contributed by atoms with Gasteiger partial charge in [-0.15, -0.1) is 0 Å². The monoisotopic (exact) mass is 327 g/mol. The third-order valence-electron chi connectivity index (χ3n) is 4.41. The standard InChI is InChI=1S/C18H17NO5/c1-24-16(22)18(23)12-17(9-7-14(20)8-10-17)15(21)19(18)11-13-5-3-2-4-6-13/h2-10,23H,11-12H2,1H3. The van der Waals surface area contributed by atoms with Crippen LogP contribution in [0.1, 0.15) is 12.0 Å². The molecule has 0 bridgehead atoms. The highest BCUT2D eigenvalue weighted by atomic mass is 16.5. The smallest absolute Gasteiger partial charge is 0.359 e. The van der Waals surface area contributed by atoms with Crippen LogP contribution in [0.3, 0.4) is 0 Å². The van der Waals surface area contributed by atoms with E-state index in [0.29, 0.717) is 0 Å². The van der Waals surface area contributed by atoms with Gasteiger partial charge in [-0.2, -0.15) is 0 Å². The fourth-order valence-corrected chi connectivity index (χ4v) is 3.15. The van der Waals surface area contributed by atoms with E-state index in [1.54, 1.807) is 12.1 Å². The number of rotatable bonds is 3. The Bertz CT molecular complexity index is 736. The first-order valence-electron chi connectivity index (χ1n) is 7.50. The van der Waals surface area contributed by atoms with Crippen LogP contribution >= 0.6 is 0 Å². The molecule has 1 aromatic rings. The number of hydrogen-bond acceptors (Lipinski definition) is 5. The minimum Gasteiger partial charge on any atom is -0.465 e. The fourth-order valence-electron chi connectivity index (χ4n) is 3.15. The maximum absolute atomic E-state index is 13.0. The van der Waals surface area contributed by atoms with E-state index in [1.807, 2.05) is 18.2 Å². The molecule has 1 spiro atoms. The van der Waals surface area contributed by atoms with Crippen molar-refractivity contribution >= 4 is 17.7 Å². The minimum absolute atomic E-state index is 0.0582. The predicted molar refractivity (Wildman–Crippen MR) is 84.3 cm³/mol. The highest BCUT2D eigenvalue weighted by molar-refractivity contribution is 6.05. The lowest BCUT2D eigenvalue weighted by molar-refractivity contribution is -0.184. The number of allylic oxidation sites excluding steroid dienone is 2. The van der Waals surface area contributed by atoms with Gasteiger partial charge in [-0.3, -0.25) is 14.5 Å². The second kappa shape index (κ2) is 5.72. The molecule has 1 N–H and O–H groups in total. The summed E-state index contributed by atoms with van der Waals surface area (Å²) in [7, 11) is 1.16. The summed E-state index contributed by atoms with van der Waals surface area (Å²) in [5, 5.41) is 10.9. The van der Waals surface area contributed by atoms with Crippen molar-refractivity contribution in [1.29, 1.82) is 0 Å². The maximum Gasteiger partial charge on any atom is 0.359 e. The molecule has 1 amide bonds. The lowest BCUT2D eigenvalue weighted by Gasteiger charge is -2.30. The summed E-state index contributed by atoms with van der Waals surface area (Å²) in [6.07, 6.45) is 5.25. The Labute approximate surface area is 139 Å². The van der Waals surface area contributed by atoms with Crippen molar-refractivity contribution in [2.75, 3.05) is 7.11 Å². The summed E-state index contributed by atoms with van der Waals surface area (Å²) in [5.41, 5.74) is -2.53. The van der Waals surface area contributed by atoms with Gasteiger partial charge in [0.2, 0.25) is 11.6 Å². The lowest BCUT2D eigenvalue weighted by atomic mass is 9.80. The van der Waals surface area contributed by atoms with E-state index in [2.05, 4.69) is 0 Å². The molecule has 2 aliphatic rings.